The molecular weight excluding hydrogens is 485 g/mol. The zero-order valence-electron chi connectivity index (χ0n) is 17.1. The third-order valence-electron chi connectivity index (χ3n) is 4.65. The van der Waals surface area contributed by atoms with E-state index in [4.69, 9.17) is 4.74 Å². The molecule has 0 bridgehead atoms. The van der Waals surface area contributed by atoms with Crippen molar-refractivity contribution >= 4 is 5.91 Å². The Balaban J connectivity index is 2.19. The Morgan fingerprint density at radius 3 is 1.82 bits per heavy atom. The molecule has 0 aliphatic rings. The third kappa shape index (κ3) is 7.62. The molecule has 188 valence electrons. The molecule has 0 aliphatic heterocycles. The predicted octanol–water partition coefficient (Wildman–Crippen LogP) is 5.20. The first-order valence-electron chi connectivity index (χ1n) is 9.51. The van der Waals surface area contributed by atoms with Gasteiger partial charge in [-0.05, 0) is 35.7 Å². The van der Waals surface area contributed by atoms with Gasteiger partial charge >= 0.3 is 24.4 Å². The zero-order chi connectivity index (χ0) is 25.8. The quantitative estimate of drug-likeness (QED) is 0.488. The van der Waals surface area contributed by atoms with E-state index in [2.05, 4.69) is 0 Å². The van der Waals surface area contributed by atoms with Crippen LogP contribution in [0.4, 0.5) is 39.5 Å². The number of hydrogen-bond donors (Lipinski definition) is 2. The molecule has 4 nitrogen and oxygen atoms in total. The van der Waals surface area contributed by atoms with Gasteiger partial charge in [0, 0.05) is 6.54 Å². The lowest BCUT2D eigenvalue weighted by Gasteiger charge is -2.29. The number of amides is 1. The van der Waals surface area contributed by atoms with Crippen molar-refractivity contribution < 1.29 is 54.2 Å². The van der Waals surface area contributed by atoms with E-state index in [9.17, 15) is 49.4 Å². The fourth-order valence-corrected chi connectivity index (χ4v) is 2.97. The minimum Gasteiger partial charge on any atom is -0.383 e. The smallest absolute Gasteiger partial charge is 0.383 e. The second-order valence-electron chi connectivity index (χ2n) is 7.31. The minimum absolute atomic E-state index is 0.0485. The van der Waals surface area contributed by atoms with E-state index in [1.807, 2.05) is 0 Å². The van der Waals surface area contributed by atoms with Crippen molar-refractivity contribution in [2.45, 2.75) is 37.2 Å². The highest BCUT2D eigenvalue weighted by Gasteiger charge is 2.39. The number of benzene rings is 2. The molecule has 0 fully saturated rings. The maximum atomic E-state index is 13.0. The van der Waals surface area contributed by atoms with Crippen LogP contribution in [0.25, 0.3) is 0 Å². The highest BCUT2D eigenvalue weighted by Crippen LogP contribution is 2.36. The Morgan fingerprint density at radius 1 is 0.824 bits per heavy atom. The number of halogens is 9. The number of ether oxygens (including phenoxy) is 1. The summed E-state index contributed by atoms with van der Waals surface area (Å²) < 4.78 is 120. The normalized spacial score (nSPS) is 14.5. The van der Waals surface area contributed by atoms with Gasteiger partial charge in [-0.3, -0.25) is 4.79 Å². The van der Waals surface area contributed by atoms with E-state index in [0.29, 0.717) is 12.1 Å². The van der Waals surface area contributed by atoms with Crippen LogP contribution in [0, 0.1) is 0 Å². The summed E-state index contributed by atoms with van der Waals surface area (Å²) >= 11 is 0. The summed E-state index contributed by atoms with van der Waals surface area (Å²) in [5.41, 5.74) is -5.43. The highest BCUT2D eigenvalue weighted by atomic mass is 19.4. The fraction of sp³-hybridized carbons (Fsp3) is 0.381. The molecular formula is C21H18F9NO3. The molecule has 1 atom stereocenters. The van der Waals surface area contributed by atoms with Crippen LogP contribution in [0.5, 0.6) is 0 Å². The maximum Gasteiger partial charge on any atom is 0.471 e. The number of aliphatic hydroxyl groups is 1. The first kappa shape index (κ1) is 27.4. The lowest BCUT2D eigenvalue weighted by molar-refractivity contribution is -0.173. The van der Waals surface area contributed by atoms with E-state index < -0.39 is 72.9 Å². The minimum atomic E-state index is -5.15. The van der Waals surface area contributed by atoms with E-state index in [1.54, 1.807) is 11.4 Å². The Kier molecular flexibility index (Phi) is 8.25. The van der Waals surface area contributed by atoms with Gasteiger partial charge in [0.05, 0.1) is 24.3 Å². The Morgan fingerprint density at radius 2 is 1.35 bits per heavy atom. The molecule has 0 spiro atoms. The van der Waals surface area contributed by atoms with Crippen LogP contribution in [0.1, 0.15) is 28.7 Å². The van der Waals surface area contributed by atoms with E-state index in [0.717, 1.165) is 0 Å². The Labute approximate surface area is 187 Å². The van der Waals surface area contributed by atoms with Crippen LogP contribution >= 0.6 is 0 Å². The SMILES string of the molecule is O=C(NCCC(O)(COCc1cc(C(F)(F)F)cc(C(F)(F)F)c1)c1ccccc1)C(F)(F)F. The molecule has 0 aromatic heterocycles. The van der Waals surface area contributed by atoms with Crippen LogP contribution in [0.2, 0.25) is 0 Å². The molecule has 2 N–H and O–H groups in total. The topological polar surface area (TPSA) is 58.6 Å². The van der Waals surface area contributed by atoms with Crippen molar-refractivity contribution in [2.24, 2.45) is 0 Å². The lowest BCUT2D eigenvalue weighted by Crippen LogP contribution is -2.41. The van der Waals surface area contributed by atoms with Gasteiger partial charge in [0.1, 0.15) is 5.60 Å². The summed E-state index contributed by atoms with van der Waals surface area (Å²) in [6.45, 7) is -2.11. The summed E-state index contributed by atoms with van der Waals surface area (Å²) in [5, 5.41) is 12.5. The van der Waals surface area contributed by atoms with E-state index in [-0.39, 0.29) is 11.6 Å². The summed E-state index contributed by atoms with van der Waals surface area (Å²) in [6, 6.07) is 8.18. The van der Waals surface area contributed by atoms with Crippen molar-refractivity contribution in [2.75, 3.05) is 13.2 Å². The number of carbonyl (C=O) groups is 1. The number of alkyl halides is 9. The van der Waals surface area contributed by atoms with E-state index in [1.165, 1.54) is 24.3 Å². The van der Waals surface area contributed by atoms with Crippen LogP contribution in [0.3, 0.4) is 0 Å². The maximum absolute atomic E-state index is 13.0. The molecule has 0 saturated heterocycles. The molecule has 0 heterocycles. The van der Waals surface area contributed by atoms with Crippen molar-refractivity contribution in [3.63, 3.8) is 0 Å². The lowest BCUT2D eigenvalue weighted by atomic mass is 9.91. The van der Waals surface area contributed by atoms with Gasteiger partial charge in [-0.1, -0.05) is 30.3 Å². The predicted molar refractivity (Wildman–Crippen MR) is 100 cm³/mol. The average Bonchev–Trinajstić information content (AvgIpc) is 2.72. The monoisotopic (exact) mass is 503 g/mol. The molecule has 2 aromatic rings. The highest BCUT2D eigenvalue weighted by molar-refractivity contribution is 5.81. The molecule has 0 aliphatic carbocycles. The third-order valence-corrected chi connectivity index (χ3v) is 4.65. The van der Waals surface area contributed by atoms with Gasteiger partial charge in [0.15, 0.2) is 0 Å². The number of hydrogen-bond acceptors (Lipinski definition) is 3. The molecule has 1 unspecified atom stereocenters. The van der Waals surface area contributed by atoms with Gasteiger partial charge < -0.3 is 15.2 Å². The first-order chi connectivity index (χ1) is 15.5. The van der Waals surface area contributed by atoms with Gasteiger partial charge in [0.25, 0.3) is 0 Å². The Bertz CT molecular complexity index is 940. The zero-order valence-corrected chi connectivity index (χ0v) is 17.1. The summed E-state index contributed by atoms with van der Waals surface area (Å²) in [5.74, 6) is -2.24. The van der Waals surface area contributed by atoms with Crippen LogP contribution in [-0.2, 0) is 34.1 Å². The van der Waals surface area contributed by atoms with Crippen molar-refractivity contribution in [3.8, 4) is 0 Å². The molecule has 2 aromatic carbocycles. The molecule has 0 radical (unpaired) electrons. The molecule has 0 saturated carbocycles. The van der Waals surface area contributed by atoms with Gasteiger partial charge in [-0.2, -0.15) is 39.5 Å². The standard InChI is InChI=1S/C21H18F9NO3/c22-19(23,24)15-8-13(9-16(10-15)20(25,26)27)11-34-12-18(33,14-4-2-1-3-5-14)6-7-31-17(32)21(28,29)30/h1-5,8-10,33H,6-7,11-12H2,(H,31,32). The van der Waals surface area contributed by atoms with Gasteiger partial charge in [0.2, 0.25) is 0 Å². The summed E-state index contributed by atoms with van der Waals surface area (Å²) in [6.07, 6.45) is -15.8. The van der Waals surface area contributed by atoms with Crippen molar-refractivity contribution in [1.82, 2.24) is 5.32 Å². The second-order valence-corrected chi connectivity index (χ2v) is 7.31. The van der Waals surface area contributed by atoms with Gasteiger partial charge in [-0.15, -0.1) is 0 Å². The number of rotatable bonds is 8. The first-order valence-corrected chi connectivity index (χ1v) is 9.51. The number of carbonyl (C=O) groups excluding carboxylic acids is 1. The van der Waals surface area contributed by atoms with E-state index >= 15 is 0 Å². The molecule has 1 amide bonds. The summed E-state index contributed by atoms with van der Waals surface area (Å²) in [7, 11) is 0. The van der Waals surface area contributed by atoms with Crippen LogP contribution in [0.15, 0.2) is 48.5 Å². The Hall–Kier alpha value is -2.80. The molecule has 34 heavy (non-hydrogen) atoms. The van der Waals surface area contributed by atoms with Crippen LogP contribution < -0.4 is 5.32 Å². The fourth-order valence-electron chi connectivity index (χ4n) is 2.97. The van der Waals surface area contributed by atoms with Gasteiger partial charge in [-0.25, -0.2) is 0 Å². The largest absolute Gasteiger partial charge is 0.471 e. The summed E-state index contributed by atoms with van der Waals surface area (Å²) in [4.78, 5) is 11.0. The number of nitrogens with one attached hydrogen (secondary N) is 1. The van der Waals surface area contributed by atoms with Crippen molar-refractivity contribution in [1.29, 1.82) is 0 Å². The average molecular weight is 503 g/mol. The van der Waals surface area contributed by atoms with Crippen LogP contribution in [-0.4, -0.2) is 30.3 Å². The molecule has 2 rings (SSSR count). The second kappa shape index (κ2) is 10.2. The molecule has 13 heteroatoms. The van der Waals surface area contributed by atoms with Crippen molar-refractivity contribution in [3.05, 3.63) is 70.8 Å².